The number of aliphatic carboxylic acids is 1. The average Bonchev–Trinajstić information content (AvgIpc) is 3.24. The van der Waals surface area contributed by atoms with Gasteiger partial charge in [0, 0.05) is 34.5 Å². The van der Waals surface area contributed by atoms with E-state index in [1.54, 1.807) is 11.3 Å². The molecule has 0 amide bonds. The quantitative estimate of drug-likeness (QED) is 0.276. The normalized spacial score (nSPS) is 11.9. The molecule has 4 aromatic rings. The molecule has 2 aromatic carbocycles. The maximum absolute atomic E-state index is 10.8. The van der Waals surface area contributed by atoms with Crippen LogP contribution in [-0.2, 0) is 11.2 Å². The number of carboxylic acid groups (broad SMARTS) is 1. The molecule has 5 nitrogen and oxygen atoms in total. The first-order chi connectivity index (χ1) is 16.8. The Bertz CT molecular complexity index is 1310. The van der Waals surface area contributed by atoms with Crippen LogP contribution in [0.1, 0.15) is 46.5 Å². The van der Waals surface area contributed by atoms with Crippen LogP contribution < -0.4 is 4.74 Å². The smallest absolute Gasteiger partial charge is 0.303 e. The Morgan fingerprint density at radius 1 is 1.03 bits per heavy atom. The number of rotatable bonds is 9. The molecule has 2 aromatic heterocycles. The van der Waals surface area contributed by atoms with Crippen LogP contribution in [0.2, 0.25) is 0 Å². The number of hydrogen-bond donors (Lipinski definition) is 1. The fraction of sp³-hybridized carbons (Fsp3) is 0.276. The molecule has 0 radical (unpaired) electrons. The van der Waals surface area contributed by atoms with Crippen LogP contribution >= 0.6 is 11.3 Å². The van der Waals surface area contributed by atoms with Crippen LogP contribution in [0, 0.1) is 20.8 Å². The van der Waals surface area contributed by atoms with E-state index in [1.165, 1.54) is 4.88 Å². The monoisotopic (exact) mass is 486 g/mol. The predicted octanol–water partition coefficient (Wildman–Crippen LogP) is 7.00. The zero-order valence-corrected chi connectivity index (χ0v) is 21.4. The van der Waals surface area contributed by atoms with Gasteiger partial charge in [-0.1, -0.05) is 43.3 Å². The number of ether oxygens (including phenoxy) is 1. The molecule has 6 heteroatoms. The van der Waals surface area contributed by atoms with Gasteiger partial charge in [-0.3, -0.25) is 9.78 Å². The summed E-state index contributed by atoms with van der Waals surface area (Å²) in [5.74, 6) is 0.220. The summed E-state index contributed by atoms with van der Waals surface area (Å²) in [6.45, 7) is 8.79. The van der Waals surface area contributed by atoms with Crippen LogP contribution in [0.4, 0.5) is 0 Å². The maximum Gasteiger partial charge on any atom is 0.303 e. The summed E-state index contributed by atoms with van der Waals surface area (Å²) in [4.78, 5) is 21.4. The molecule has 0 fully saturated rings. The summed E-state index contributed by atoms with van der Waals surface area (Å²) in [5, 5.41) is 9.91. The summed E-state index contributed by atoms with van der Waals surface area (Å²) in [5.41, 5.74) is 7.43. The average molecular weight is 487 g/mol. The highest BCUT2D eigenvalue weighted by molar-refractivity contribution is 7.15. The van der Waals surface area contributed by atoms with E-state index < -0.39 is 5.97 Å². The first kappa shape index (κ1) is 24.6. The van der Waals surface area contributed by atoms with Gasteiger partial charge in [0.1, 0.15) is 10.8 Å². The number of benzene rings is 2. The number of nitrogens with zero attached hydrogens (tertiary/aromatic N) is 2. The first-order valence-electron chi connectivity index (χ1n) is 11.7. The van der Waals surface area contributed by atoms with Gasteiger partial charge in [0.2, 0.25) is 0 Å². The second kappa shape index (κ2) is 10.8. The summed E-state index contributed by atoms with van der Waals surface area (Å²) in [6.07, 6.45) is 2.55. The number of carboxylic acids is 1. The van der Waals surface area contributed by atoms with Gasteiger partial charge >= 0.3 is 5.97 Å². The molecular weight excluding hydrogens is 456 g/mol. The number of thiazole rings is 1. The zero-order chi connectivity index (χ0) is 24.9. The Balaban J connectivity index is 1.41. The van der Waals surface area contributed by atoms with Gasteiger partial charge in [-0.2, -0.15) is 0 Å². The molecule has 1 N–H and O–H groups in total. The molecule has 1 unspecified atom stereocenters. The Hall–Kier alpha value is -3.51. The standard InChI is InChI=1S/C29H30N2O3S/c1-18-5-13-26(30-16-18)23-6-8-24(9-7-23)29-31-21(4)28(35-29)20(3)17-34-25-12-10-22(19(2)15-25)11-14-27(32)33/h5-10,12-13,15-16,20H,11,14,17H2,1-4H3,(H,32,33). The minimum Gasteiger partial charge on any atom is -0.493 e. The van der Waals surface area contributed by atoms with Gasteiger partial charge in [0.25, 0.3) is 0 Å². The molecule has 0 bridgehead atoms. The molecule has 2 heterocycles. The fourth-order valence-corrected chi connectivity index (χ4v) is 5.10. The van der Waals surface area contributed by atoms with Crippen molar-refractivity contribution in [2.24, 2.45) is 0 Å². The maximum atomic E-state index is 10.8. The van der Waals surface area contributed by atoms with Crippen LogP contribution in [0.15, 0.2) is 60.8 Å². The van der Waals surface area contributed by atoms with Crippen molar-refractivity contribution < 1.29 is 14.6 Å². The zero-order valence-electron chi connectivity index (χ0n) is 20.5. The second-order valence-corrected chi connectivity index (χ2v) is 9.99. The van der Waals surface area contributed by atoms with E-state index in [0.717, 1.165) is 50.0 Å². The topological polar surface area (TPSA) is 72.3 Å². The lowest BCUT2D eigenvalue weighted by Crippen LogP contribution is -2.07. The Kier molecular flexibility index (Phi) is 7.61. The van der Waals surface area contributed by atoms with Gasteiger partial charge in [-0.25, -0.2) is 4.98 Å². The molecule has 0 aliphatic heterocycles. The minimum absolute atomic E-state index is 0.136. The number of pyridine rings is 1. The van der Waals surface area contributed by atoms with Crippen molar-refractivity contribution in [3.05, 3.63) is 88.1 Å². The van der Waals surface area contributed by atoms with Crippen LogP contribution in [0.25, 0.3) is 21.8 Å². The lowest BCUT2D eigenvalue weighted by atomic mass is 10.0. The highest BCUT2D eigenvalue weighted by Gasteiger charge is 2.17. The SMILES string of the molecule is Cc1ccc(-c2ccc(-c3nc(C)c(C(C)COc4ccc(CCC(=O)O)c(C)c4)s3)cc2)nc1. The number of hydrogen-bond acceptors (Lipinski definition) is 5. The third kappa shape index (κ3) is 6.14. The highest BCUT2D eigenvalue weighted by atomic mass is 32.1. The predicted molar refractivity (Wildman–Crippen MR) is 141 cm³/mol. The molecule has 0 saturated carbocycles. The van der Waals surface area contributed by atoms with Gasteiger partial charge in [0.15, 0.2) is 0 Å². The van der Waals surface area contributed by atoms with Crippen molar-refractivity contribution >= 4 is 17.3 Å². The summed E-state index contributed by atoms with van der Waals surface area (Å²) < 4.78 is 6.08. The van der Waals surface area contributed by atoms with Crippen molar-refractivity contribution in [1.29, 1.82) is 0 Å². The Morgan fingerprint density at radius 3 is 2.43 bits per heavy atom. The molecule has 0 aliphatic rings. The lowest BCUT2D eigenvalue weighted by molar-refractivity contribution is -0.136. The van der Waals surface area contributed by atoms with E-state index in [4.69, 9.17) is 14.8 Å². The molecule has 0 aliphatic carbocycles. The number of aryl methyl sites for hydroxylation is 4. The minimum atomic E-state index is -0.780. The molecule has 0 saturated heterocycles. The van der Waals surface area contributed by atoms with Crippen molar-refractivity contribution in [3.63, 3.8) is 0 Å². The Morgan fingerprint density at radius 2 is 1.77 bits per heavy atom. The van der Waals surface area contributed by atoms with E-state index in [9.17, 15) is 4.79 Å². The lowest BCUT2D eigenvalue weighted by Gasteiger charge is -2.14. The van der Waals surface area contributed by atoms with Crippen molar-refractivity contribution in [2.75, 3.05) is 6.61 Å². The van der Waals surface area contributed by atoms with Crippen molar-refractivity contribution in [2.45, 2.75) is 46.5 Å². The second-order valence-electron chi connectivity index (χ2n) is 8.96. The van der Waals surface area contributed by atoms with Crippen molar-refractivity contribution in [1.82, 2.24) is 9.97 Å². The van der Waals surface area contributed by atoms with E-state index in [1.807, 2.05) is 44.3 Å². The molecule has 180 valence electrons. The first-order valence-corrected chi connectivity index (χ1v) is 12.6. The fourth-order valence-electron chi connectivity index (χ4n) is 3.99. The summed E-state index contributed by atoms with van der Waals surface area (Å²) >= 11 is 1.71. The number of carbonyl (C=O) groups is 1. The third-order valence-corrected chi connectivity index (χ3v) is 7.48. The van der Waals surface area contributed by atoms with Gasteiger partial charge in [-0.05, 0) is 62.1 Å². The summed E-state index contributed by atoms with van der Waals surface area (Å²) in [7, 11) is 0. The van der Waals surface area contributed by atoms with Crippen LogP contribution in [0.5, 0.6) is 5.75 Å². The van der Waals surface area contributed by atoms with Crippen LogP contribution in [0.3, 0.4) is 0 Å². The Labute approximate surface area is 210 Å². The van der Waals surface area contributed by atoms with E-state index in [2.05, 4.69) is 49.2 Å². The molecular formula is C29H30N2O3S. The van der Waals surface area contributed by atoms with Gasteiger partial charge in [-0.15, -0.1) is 11.3 Å². The molecule has 35 heavy (non-hydrogen) atoms. The van der Waals surface area contributed by atoms with Gasteiger partial charge in [0.05, 0.1) is 18.0 Å². The molecule has 4 rings (SSSR count). The summed E-state index contributed by atoms with van der Waals surface area (Å²) in [6, 6.07) is 18.4. The van der Waals surface area contributed by atoms with Gasteiger partial charge < -0.3 is 9.84 Å². The van der Waals surface area contributed by atoms with E-state index >= 15 is 0 Å². The molecule has 0 spiro atoms. The largest absolute Gasteiger partial charge is 0.493 e. The highest BCUT2D eigenvalue weighted by Crippen LogP contribution is 2.34. The van der Waals surface area contributed by atoms with Crippen molar-refractivity contribution in [3.8, 4) is 27.6 Å². The third-order valence-electron chi connectivity index (χ3n) is 6.04. The van der Waals surface area contributed by atoms with E-state index in [-0.39, 0.29) is 12.3 Å². The van der Waals surface area contributed by atoms with Crippen LogP contribution in [-0.4, -0.2) is 27.7 Å². The number of aromatic nitrogens is 2. The van der Waals surface area contributed by atoms with E-state index in [0.29, 0.717) is 13.0 Å². The molecule has 1 atom stereocenters.